The summed E-state index contributed by atoms with van der Waals surface area (Å²) in [4.78, 5) is 20.4. The standard InChI is InChI=1S/C16H15N5O/c1-12(15-4-2-3-9-18-15)20-16(22)13-5-7-14(8-6-13)21-11-17-10-19-21/h2-12H,1H3,(H,20,22)/t12-/m0/s1. The molecule has 2 heterocycles. The second kappa shape index (κ2) is 6.17. The maximum Gasteiger partial charge on any atom is 0.251 e. The van der Waals surface area contributed by atoms with Gasteiger partial charge in [0.05, 0.1) is 17.4 Å². The summed E-state index contributed by atoms with van der Waals surface area (Å²) in [6, 6.07) is 12.7. The lowest BCUT2D eigenvalue weighted by atomic mass is 10.1. The summed E-state index contributed by atoms with van der Waals surface area (Å²) in [7, 11) is 0. The van der Waals surface area contributed by atoms with Crippen LogP contribution in [0.3, 0.4) is 0 Å². The molecule has 0 spiro atoms. The maximum absolute atomic E-state index is 12.3. The Morgan fingerprint density at radius 3 is 2.64 bits per heavy atom. The number of pyridine rings is 1. The van der Waals surface area contributed by atoms with E-state index < -0.39 is 0 Å². The average molecular weight is 293 g/mol. The molecule has 0 aliphatic carbocycles. The summed E-state index contributed by atoms with van der Waals surface area (Å²) in [5, 5.41) is 6.98. The van der Waals surface area contributed by atoms with Crippen molar-refractivity contribution in [1.29, 1.82) is 0 Å². The number of carbonyl (C=O) groups excluding carboxylic acids is 1. The van der Waals surface area contributed by atoms with Crippen LogP contribution in [0.4, 0.5) is 0 Å². The van der Waals surface area contributed by atoms with Gasteiger partial charge in [-0.15, -0.1) is 0 Å². The zero-order valence-electron chi connectivity index (χ0n) is 12.0. The number of nitrogens with zero attached hydrogens (tertiary/aromatic N) is 4. The van der Waals surface area contributed by atoms with Crippen LogP contribution in [0.5, 0.6) is 0 Å². The van der Waals surface area contributed by atoms with Crippen LogP contribution < -0.4 is 5.32 Å². The Morgan fingerprint density at radius 2 is 2.00 bits per heavy atom. The molecule has 0 saturated carbocycles. The lowest BCUT2D eigenvalue weighted by Gasteiger charge is -2.13. The Bertz CT molecular complexity index is 738. The second-order valence-electron chi connectivity index (χ2n) is 4.84. The first kappa shape index (κ1) is 13.9. The van der Waals surface area contributed by atoms with Gasteiger partial charge in [0.1, 0.15) is 12.7 Å². The molecule has 0 aliphatic heterocycles. The highest BCUT2D eigenvalue weighted by molar-refractivity contribution is 5.94. The molecule has 0 radical (unpaired) electrons. The molecule has 1 atom stereocenters. The van der Waals surface area contributed by atoms with Crippen molar-refractivity contribution in [3.05, 3.63) is 72.6 Å². The molecule has 0 saturated heterocycles. The lowest BCUT2D eigenvalue weighted by molar-refractivity contribution is 0.0939. The van der Waals surface area contributed by atoms with Gasteiger partial charge < -0.3 is 5.32 Å². The predicted octanol–water partition coefficient (Wildman–Crippen LogP) is 2.15. The fraction of sp³-hybridized carbons (Fsp3) is 0.125. The molecule has 1 N–H and O–H groups in total. The van der Waals surface area contributed by atoms with Crippen LogP contribution >= 0.6 is 0 Å². The molecule has 3 aromatic rings. The van der Waals surface area contributed by atoms with E-state index in [4.69, 9.17) is 0 Å². The minimum atomic E-state index is -0.149. The molecule has 1 aromatic carbocycles. The largest absolute Gasteiger partial charge is 0.344 e. The third kappa shape index (κ3) is 3.01. The van der Waals surface area contributed by atoms with E-state index >= 15 is 0 Å². The number of nitrogens with one attached hydrogen (secondary N) is 1. The summed E-state index contributed by atoms with van der Waals surface area (Å²) >= 11 is 0. The van der Waals surface area contributed by atoms with E-state index in [9.17, 15) is 4.79 Å². The van der Waals surface area contributed by atoms with Crippen molar-refractivity contribution in [3.63, 3.8) is 0 Å². The molecule has 2 aromatic heterocycles. The summed E-state index contributed by atoms with van der Waals surface area (Å²) < 4.78 is 1.64. The molecular weight excluding hydrogens is 278 g/mol. The monoisotopic (exact) mass is 293 g/mol. The van der Waals surface area contributed by atoms with Gasteiger partial charge in [-0.2, -0.15) is 5.10 Å². The minimum Gasteiger partial charge on any atom is -0.344 e. The van der Waals surface area contributed by atoms with Crippen molar-refractivity contribution < 1.29 is 4.79 Å². The van der Waals surface area contributed by atoms with E-state index in [-0.39, 0.29) is 11.9 Å². The van der Waals surface area contributed by atoms with Crippen molar-refractivity contribution in [1.82, 2.24) is 25.1 Å². The quantitative estimate of drug-likeness (QED) is 0.800. The van der Waals surface area contributed by atoms with Crippen molar-refractivity contribution >= 4 is 5.91 Å². The highest BCUT2D eigenvalue weighted by atomic mass is 16.1. The van der Waals surface area contributed by atoms with Gasteiger partial charge in [-0.05, 0) is 43.3 Å². The van der Waals surface area contributed by atoms with E-state index in [0.29, 0.717) is 5.56 Å². The van der Waals surface area contributed by atoms with Crippen LogP contribution in [0.1, 0.15) is 29.0 Å². The first-order valence-corrected chi connectivity index (χ1v) is 6.91. The van der Waals surface area contributed by atoms with Gasteiger partial charge >= 0.3 is 0 Å². The fourth-order valence-corrected chi connectivity index (χ4v) is 2.09. The molecule has 0 aliphatic rings. The highest BCUT2D eigenvalue weighted by Gasteiger charge is 2.12. The van der Waals surface area contributed by atoms with E-state index in [1.54, 1.807) is 29.3 Å². The average Bonchev–Trinajstić information content (AvgIpc) is 3.10. The van der Waals surface area contributed by atoms with Gasteiger partial charge in [-0.3, -0.25) is 9.78 Å². The number of hydrogen-bond acceptors (Lipinski definition) is 4. The van der Waals surface area contributed by atoms with E-state index in [1.807, 2.05) is 37.3 Å². The van der Waals surface area contributed by atoms with Crippen LogP contribution in [0.15, 0.2) is 61.3 Å². The molecule has 0 bridgehead atoms. The van der Waals surface area contributed by atoms with E-state index in [2.05, 4.69) is 20.4 Å². The normalized spacial score (nSPS) is 11.9. The maximum atomic E-state index is 12.3. The van der Waals surface area contributed by atoms with Crippen LogP contribution in [-0.2, 0) is 0 Å². The van der Waals surface area contributed by atoms with Gasteiger partial charge in [0.2, 0.25) is 0 Å². The number of benzene rings is 1. The number of carbonyl (C=O) groups is 1. The number of amides is 1. The number of hydrogen-bond donors (Lipinski definition) is 1. The Labute approximate surface area is 127 Å². The Balaban J connectivity index is 1.70. The zero-order valence-corrected chi connectivity index (χ0v) is 12.0. The molecule has 0 unspecified atom stereocenters. The smallest absolute Gasteiger partial charge is 0.251 e. The third-order valence-corrected chi connectivity index (χ3v) is 3.29. The SMILES string of the molecule is C[C@H](NC(=O)c1ccc(-n2cncn2)cc1)c1ccccn1. The molecule has 1 amide bonds. The zero-order chi connectivity index (χ0) is 15.4. The third-order valence-electron chi connectivity index (χ3n) is 3.29. The highest BCUT2D eigenvalue weighted by Crippen LogP contribution is 2.11. The molecule has 0 fully saturated rings. The van der Waals surface area contributed by atoms with E-state index in [1.165, 1.54) is 6.33 Å². The summed E-state index contributed by atoms with van der Waals surface area (Å²) in [6.45, 7) is 1.91. The van der Waals surface area contributed by atoms with Crippen LogP contribution in [0.2, 0.25) is 0 Å². The van der Waals surface area contributed by atoms with Gasteiger partial charge in [0.15, 0.2) is 0 Å². The fourth-order valence-electron chi connectivity index (χ4n) is 2.09. The Kier molecular flexibility index (Phi) is 3.91. The molecular formula is C16H15N5O. The van der Waals surface area contributed by atoms with Crippen LogP contribution in [0.25, 0.3) is 5.69 Å². The minimum absolute atomic E-state index is 0.136. The van der Waals surface area contributed by atoms with Crippen LogP contribution in [-0.4, -0.2) is 25.7 Å². The van der Waals surface area contributed by atoms with Crippen molar-refractivity contribution in [2.45, 2.75) is 13.0 Å². The van der Waals surface area contributed by atoms with Gasteiger partial charge in [-0.25, -0.2) is 9.67 Å². The van der Waals surface area contributed by atoms with Crippen LogP contribution in [0, 0.1) is 0 Å². The first-order chi connectivity index (χ1) is 10.7. The van der Waals surface area contributed by atoms with Gasteiger partial charge in [-0.1, -0.05) is 6.07 Å². The number of rotatable bonds is 4. The van der Waals surface area contributed by atoms with Crippen molar-refractivity contribution in [2.24, 2.45) is 0 Å². The summed E-state index contributed by atoms with van der Waals surface area (Å²) in [5.74, 6) is -0.136. The molecule has 6 nitrogen and oxygen atoms in total. The van der Waals surface area contributed by atoms with Gasteiger partial charge in [0, 0.05) is 11.8 Å². The first-order valence-electron chi connectivity index (χ1n) is 6.91. The second-order valence-corrected chi connectivity index (χ2v) is 4.84. The Hall–Kier alpha value is -3.02. The molecule has 3 rings (SSSR count). The lowest BCUT2D eigenvalue weighted by Crippen LogP contribution is -2.27. The Morgan fingerprint density at radius 1 is 1.18 bits per heavy atom. The van der Waals surface area contributed by atoms with Crippen molar-refractivity contribution in [3.8, 4) is 5.69 Å². The van der Waals surface area contributed by atoms with E-state index in [0.717, 1.165) is 11.4 Å². The van der Waals surface area contributed by atoms with Crippen molar-refractivity contribution in [2.75, 3.05) is 0 Å². The molecule has 6 heteroatoms. The molecule has 110 valence electrons. The summed E-state index contributed by atoms with van der Waals surface area (Å²) in [5.41, 5.74) is 2.27. The predicted molar refractivity (Wildman–Crippen MR) is 81.5 cm³/mol. The number of aromatic nitrogens is 4. The van der Waals surface area contributed by atoms with Gasteiger partial charge in [0.25, 0.3) is 5.91 Å². The summed E-state index contributed by atoms with van der Waals surface area (Å²) in [6.07, 6.45) is 4.79. The molecule has 22 heavy (non-hydrogen) atoms. The topological polar surface area (TPSA) is 72.7 Å².